The van der Waals surface area contributed by atoms with E-state index in [1.165, 1.54) is 10.8 Å². The second kappa shape index (κ2) is 7.34. The molecule has 8 nitrogen and oxygen atoms in total. The van der Waals surface area contributed by atoms with Gasteiger partial charge in [-0.3, -0.25) is 9.48 Å². The Morgan fingerprint density at radius 2 is 2.00 bits per heavy atom. The van der Waals surface area contributed by atoms with E-state index in [1.807, 2.05) is 30.7 Å². The standard InChI is InChI=1S/C19H21N3O5/c1-11-5-12(2)22(20-11)7-13-3-4-17-15(6-13)18(25)16(19(26)27)9-21(17)8-14(24)10-23/h3-6,9,14,23-24H,7-8,10H2,1-2H3,(H,26,27). The van der Waals surface area contributed by atoms with Gasteiger partial charge in [0.1, 0.15) is 5.56 Å². The molecule has 0 aliphatic rings. The van der Waals surface area contributed by atoms with Crippen molar-refractivity contribution >= 4 is 16.9 Å². The minimum Gasteiger partial charge on any atom is -0.477 e. The third-order valence-electron chi connectivity index (χ3n) is 4.43. The minimum atomic E-state index is -1.34. The lowest BCUT2D eigenvalue weighted by atomic mass is 10.1. The van der Waals surface area contributed by atoms with Crippen LogP contribution in [0.25, 0.3) is 10.9 Å². The topological polar surface area (TPSA) is 118 Å². The maximum atomic E-state index is 12.6. The highest BCUT2D eigenvalue weighted by Gasteiger charge is 2.16. The molecular weight excluding hydrogens is 350 g/mol. The van der Waals surface area contributed by atoms with Crippen molar-refractivity contribution in [3.05, 3.63) is 63.2 Å². The number of nitrogens with zero attached hydrogens (tertiary/aromatic N) is 3. The predicted molar refractivity (Wildman–Crippen MR) is 99.1 cm³/mol. The number of carboxylic acids is 1. The molecule has 0 saturated heterocycles. The van der Waals surface area contributed by atoms with E-state index in [0.29, 0.717) is 12.1 Å². The smallest absolute Gasteiger partial charge is 0.341 e. The van der Waals surface area contributed by atoms with Crippen molar-refractivity contribution < 1.29 is 20.1 Å². The second-order valence-electron chi connectivity index (χ2n) is 6.60. The van der Waals surface area contributed by atoms with E-state index in [4.69, 9.17) is 5.11 Å². The summed E-state index contributed by atoms with van der Waals surface area (Å²) in [7, 11) is 0. The van der Waals surface area contributed by atoms with E-state index in [0.717, 1.165) is 17.0 Å². The largest absolute Gasteiger partial charge is 0.477 e. The molecule has 1 atom stereocenters. The summed E-state index contributed by atoms with van der Waals surface area (Å²) >= 11 is 0. The molecule has 3 rings (SSSR count). The van der Waals surface area contributed by atoms with Gasteiger partial charge < -0.3 is 19.9 Å². The van der Waals surface area contributed by atoms with Crippen molar-refractivity contribution in [2.75, 3.05) is 6.61 Å². The van der Waals surface area contributed by atoms with Crippen LogP contribution in [0.2, 0.25) is 0 Å². The Labute approximate surface area is 154 Å². The summed E-state index contributed by atoms with van der Waals surface area (Å²) in [5, 5.41) is 32.8. The summed E-state index contributed by atoms with van der Waals surface area (Å²) in [5.41, 5.74) is 2.22. The van der Waals surface area contributed by atoms with Crippen LogP contribution in [-0.4, -0.2) is 48.3 Å². The molecule has 0 aliphatic heterocycles. The number of aromatic nitrogens is 3. The van der Waals surface area contributed by atoms with Crippen molar-refractivity contribution in [3.63, 3.8) is 0 Å². The number of fused-ring (bicyclic) bond motifs is 1. The number of hydrogen-bond donors (Lipinski definition) is 3. The van der Waals surface area contributed by atoms with E-state index in [9.17, 15) is 19.8 Å². The molecular formula is C19H21N3O5. The molecule has 2 heterocycles. The van der Waals surface area contributed by atoms with Gasteiger partial charge in [0.15, 0.2) is 0 Å². The zero-order chi connectivity index (χ0) is 19.7. The Hall–Kier alpha value is -2.97. The van der Waals surface area contributed by atoms with Gasteiger partial charge in [0, 0.05) is 17.3 Å². The van der Waals surface area contributed by atoms with Crippen LogP contribution in [-0.2, 0) is 13.1 Å². The third-order valence-corrected chi connectivity index (χ3v) is 4.43. The molecule has 0 bridgehead atoms. The summed E-state index contributed by atoms with van der Waals surface area (Å²) in [4.78, 5) is 24.1. The lowest BCUT2D eigenvalue weighted by molar-refractivity contribution is 0.0691. The summed E-state index contributed by atoms with van der Waals surface area (Å²) in [6, 6.07) is 7.16. The number of hydrogen-bond acceptors (Lipinski definition) is 5. The number of carboxylic acid groups (broad SMARTS) is 1. The number of pyridine rings is 1. The predicted octanol–water partition coefficient (Wildman–Crippen LogP) is 0.915. The van der Waals surface area contributed by atoms with Crippen LogP contribution < -0.4 is 5.43 Å². The van der Waals surface area contributed by atoms with E-state index in [1.54, 1.807) is 12.1 Å². The van der Waals surface area contributed by atoms with Crippen LogP contribution in [0.1, 0.15) is 27.3 Å². The van der Waals surface area contributed by atoms with Gasteiger partial charge in [0.05, 0.1) is 37.0 Å². The number of aliphatic hydroxyl groups is 2. The fourth-order valence-electron chi connectivity index (χ4n) is 3.14. The zero-order valence-corrected chi connectivity index (χ0v) is 15.1. The van der Waals surface area contributed by atoms with Crippen LogP contribution in [0.3, 0.4) is 0 Å². The lowest BCUT2D eigenvalue weighted by Crippen LogP contribution is -2.24. The molecule has 1 aromatic carbocycles. The van der Waals surface area contributed by atoms with Crippen LogP contribution in [0.5, 0.6) is 0 Å². The fourth-order valence-corrected chi connectivity index (χ4v) is 3.14. The average Bonchev–Trinajstić information content (AvgIpc) is 2.94. The summed E-state index contributed by atoms with van der Waals surface area (Å²) in [6.07, 6.45) is 0.138. The molecule has 3 N–H and O–H groups in total. The maximum absolute atomic E-state index is 12.6. The van der Waals surface area contributed by atoms with Crippen LogP contribution >= 0.6 is 0 Å². The Morgan fingerprint density at radius 3 is 2.59 bits per heavy atom. The summed E-state index contributed by atoms with van der Waals surface area (Å²) in [6.45, 7) is 3.79. The highest BCUT2D eigenvalue weighted by molar-refractivity contribution is 5.92. The van der Waals surface area contributed by atoms with Gasteiger partial charge in [-0.15, -0.1) is 0 Å². The molecule has 3 aromatic rings. The van der Waals surface area contributed by atoms with Crippen LogP contribution in [0.15, 0.2) is 35.3 Å². The molecule has 8 heteroatoms. The molecule has 0 fully saturated rings. The van der Waals surface area contributed by atoms with E-state index in [2.05, 4.69) is 5.10 Å². The number of carbonyl (C=O) groups is 1. The average molecular weight is 371 g/mol. The number of aliphatic hydroxyl groups excluding tert-OH is 2. The SMILES string of the molecule is Cc1cc(C)n(Cc2ccc3c(c2)c(=O)c(C(=O)O)cn3CC(O)CO)n1. The molecule has 27 heavy (non-hydrogen) atoms. The van der Waals surface area contributed by atoms with Crippen molar-refractivity contribution in [3.8, 4) is 0 Å². The number of benzene rings is 1. The Bertz CT molecular complexity index is 1070. The normalized spacial score (nSPS) is 12.4. The van der Waals surface area contributed by atoms with Gasteiger partial charge in [0.25, 0.3) is 0 Å². The maximum Gasteiger partial charge on any atom is 0.341 e. The first-order chi connectivity index (χ1) is 12.8. The molecule has 0 radical (unpaired) electrons. The Morgan fingerprint density at radius 1 is 1.26 bits per heavy atom. The highest BCUT2D eigenvalue weighted by atomic mass is 16.4. The van der Waals surface area contributed by atoms with Crippen molar-refractivity contribution in [2.45, 2.75) is 33.0 Å². The summed E-state index contributed by atoms with van der Waals surface area (Å²) < 4.78 is 3.29. The van der Waals surface area contributed by atoms with Gasteiger partial charge in [-0.05, 0) is 37.6 Å². The van der Waals surface area contributed by atoms with Gasteiger partial charge >= 0.3 is 5.97 Å². The van der Waals surface area contributed by atoms with Gasteiger partial charge in [-0.1, -0.05) is 6.07 Å². The van der Waals surface area contributed by atoms with Crippen LogP contribution in [0.4, 0.5) is 0 Å². The van der Waals surface area contributed by atoms with Crippen molar-refractivity contribution in [1.82, 2.24) is 14.3 Å². The molecule has 0 saturated carbocycles. The van der Waals surface area contributed by atoms with E-state index in [-0.39, 0.29) is 17.5 Å². The highest BCUT2D eigenvalue weighted by Crippen LogP contribution is 2.17. The van der Waals surface area contributed by atoms with Crippen molar-refractivity contribution in [1.29, 1.82) is 0 Å². The molecule has 0 amide bonds. The minimum absolute atomic E-state index is 0.0234. The number of rotatable bonds is 6. The first-order valence-electron chi connectivity index (χ1n) is 8.49. The van der Waals surface area contributed by atoms with E-state index < -0.39 is 24.1 Å². The Kier molecular flexibility index (Phi) is 5.11. The number of aromatic carboxylic acids is 1. The number of aryl methyl sites for hydroxylation is 2. The van der Waals surface area contributed by atoms with Gasteiger partial charge in [-0.2, -0.15) is 5.10 Å². The lowest BCUT2D eigenvalue weighted by Gasteiger charge is -2.16. The monoisotopic (exact) mass is 371 g/mol. The first-order valence-corrected chi connectivity index (χ1v) is 8.49. The fraction of sp³-hybridized carbons (Fsp3) is 0.316. The first kappa shape index (κ1) is 18.8. The Balaban J connectivity index is 2.13. The zero-order valence-electron chi connectivity index (χ0n) is 15.1. The second-order valence-corrected chi connectivity index (χ2v) is 6.60. The van der Waals surface area contributed by atoms with Gasteiger partial charge in [-0.25, -0.2) is 4.79 Å². The molecule has 142 valence electrons. The summed E-state index contributed by atoms with van der Waals surface area (Å²) in [5.74, 6) is -1.34. The third kappa shape index (κ3) is 3.76. The van der Waals surface area contributed by atoms with E-state index >= 15 is 0 Å². The molecule has 0 aliphatic carbocycles. The van der Waals surface area contributed by atoms with Crippen molar-refractivity contribution in [2.24, 2.45) is 0 Å². The van der Waals surface area contributed by atoms with Gasteiger partial charge in [0.2, 0.25) is 5.43 Å². The molecule has 2 aromatic heterocycles. The van der Waals surface area contributed by atoms with Crippen LogP contribution in [0, 0.1) is 13.8 Å². The molecule has 1 unspecified atom stereocenters. The quantitative estimate of drug-likeness (QED) is 0.593. The molecule has 0 spiro atoms.